The summed E-state index contributed by atoms with van der Waals surface area (Å²) in [4.78, 5) is 1.26. The van der Waals surface area contributed by atoms with E-state index < -0.39 is 0 Å². The monoisotopic (exact) mass is 408 g/mol. The number of rotatable bonds is 5. The molecule has 0 spiro atoms. The van der Waals surface area contributed by atoms with Gasteiger partial charge in [0.2, 0.25) is 0 Å². The van der Waals surface area contributed by atoms with Crippen molar-refractivity contribution in [3.63, 3.8) is 0 Å². The van der Waals surface area contributed by atoms with Crippen molar-refractivity contribution in [3.05, 3.63) is 138 Å². The molecule has 0 saturated carbocycles. The lowest BCUT2D eigenvalue weighted by atomic mass is 9.84. The van der Waals surface area contributed by atoms with Crippen LogP contribution in [0.15, 0.2) is 120 Å². The first-order valence-corrected chi connectivity index (χ1v) is 11.3. The summed E-state index contributed by atoms with van der Waals surface area (Å²) in [6.07, 6.45) is 0. The smallest absolute Gasteiger partial charge is 0.0954 e. The summed E-state index contributed by atoms with van der Waals surface area (Å²) in [5.74, 6) is 0. The molecule has 0 aromatic heterocycles. The van der Waals surface area contributed by atoms with Gasteiger partial charge in [0.05, 0.1) is 4.75 Å². The molecule has 0 aliphatic carbocycles. The lowest BCUT2D eigenvalue weighted by Crippen LogP contribution is -2.25. The first-order chi connectivity index (χ1) is 14.5. The van der Waals surface area contributed by atoms with Gasteiger partial charge in [0.25, 0.3) is 0 Å². The SMILES string of the molecule is CC(C)(C)c1ccc(SC(c2ccccc2)(c2ccccc2)c2ccccc2)cc1. The fourth-order valence-electron chi connectivity index (χ4n) is 3.90. The van der Waals surface area contributed by atoms with Crippen molar-refractivity contribution < 1.29 is 0 Å². The standard InChI is InChI=1S/C29H28S/c1-28(2,3)23-19-21-27(22-20-23)30-29(24-13-7-4-8-14-24,25-15-9-5-10-16-25)26-17-11-6-12-18-26/h4-22H,1-3H3. The van der Waals surface area contributed by atoms with Gasteiger partial charge in [-0.15, -0.1) is 11.8 Å². The molecule has 0 radical (unpaired) electrons. The van der Waals surface area contributed by atoms with Crippen LogP contribution in [0.1, 0.15) is 43.0 Å². The molecule has 0 aliphatic heterocycles. The molecule has 0 bridgehead atoms. The van der Waals surface area contributed by atoms with E-state index in [1.54, 1.807) is 0 Å². The Morgan fingerprint density at radius 1 is 0.433 bits per heavy atom. The van der Waals surface area contributed by atoms with Gasteiger partial charge in [-0.1, -0.05) is 124 Å². The Morgan fingerprint density at radius 2 is 0.800 bits per heavy atom. The average Bonchev–Trinajstić information content (AvgIpc) is 2.79. The summed E-state index contributed by atoms with van der Waals surface area (Å²) in [5.41, 5.74) is 5.36. The van der Waals surface area contributed by atoms with E-state index in [2.05, 4.69) is 136 Å². The van der Waals surface area contributed by atoms with E-state index in [0.717, 1.165) is 0 Å². The number of thioether (sulfide) groups is 1. The Kier molecular flexibility index (Phi) is 5.83. The van der Waals surface area contributed by atoms with Crippen molar-refractivity contribution >= 4 is 11.8 Å². The summed E-state index contributed by atoms with van der Waals surface area (Å²) in [6.45, 7) is 6.78. The first kappa shape index (κ1) is 20.5. The summed E-state index contributed by atoms with van der Waals surface area (Å²) >= 11 is 1.91. The molecule has 4 aromatic carbocycles. The van der Waals surface area contributed by atoms with Crippen molar-refractivity contribution in [2.45, 2.75) is 35.8 Å². The van der Waals surface area contributed by atoms with E-state index in [0.29, 0.717) is 0 Å². The lowest BCUT2D eigenvalue weighted by molar-refractivity contribution is 0.589. The van der Waals surface area contributed by atoms with E-state index in [4.69, 9.17) is 0 Å². The van der Waals surface area contributed by atoms with Gasteiger partial charge in [-0.3, -0.25) is 0 Å². The van der Waals surface area contributed by atoms with Crippen LogP contribution >= 0.6 is 11.8 Å². The molecule has 0 unspecified atom stereocenters. The lowest BCUT2D eigenvalue weighted by Gasteiger charge is -2.35. The zero-order valence-electron chi connectivity index (χ0n) is 17.9. The molecular formula is C29H28S. The third-order valence-electron chi connectivity index (χ3n) is 5.53. The van der Waals surface area contributed by atoms with E-state index in [1.165, 1.54) is 27.1 Å². The third-order valence-corrected chi connectivity index (χ3v) is 7.05. The largest absolute Gasteiger partial charge is 0.105 e. The number of benzene rings is 4. The molecule has 0 aliphatic rings. The molecule has 0 saturated heterocycles. The van der Waals surface area contributed by atoms with E-state index >= 15 is 0 Å². The van der Waals surface area contributed by atoms with E-state index in [9.17, 15) is 0 Å². The second kappa shape index (κ2) is 8.53. The molecule has 30 heavy (non-hydrogen) atoms. The summed E-state index contributed by atoms with van der Waals surface area (Å²) in [5, 5.41) is 0. The highest BCUT2D eigenvalue weighted by Crippen LogP contribution is 2.51. The fraction of sp³-hybridized carbons (Fsp3) is 0.172. The van der Waals surface area contributed by atoms with Gasteiger partial charge in [0, 0.05) is 4.90 Å². The Balaban J connectivity index is 1.91. The minimum atomic E-state index is -0.326. The Morgan fingerprint density at radius 3 is 1.13 bits per heavy atom. The van der Waals surface area contributed by atoms with E-state index in [1.807, 2.05) is 11.8 Å². The van der Waals surface area contributed by atoms with Crippen LogP contribution in [0.2, 0.25) is 0 Å². The summed E-state index contributed by atoms with van der Waals surface area (Å²) in [6, 6.07) is 41.7. The van der Waals surface area contributed by atoms with Gasteiger partial charge < -0.3 is 0 Å². The van der Waals surface area contributed by atoms with Gasteiger partial charge in [-0.2, -0.15) is 0 Å². The van der Waals surface area contributed by atoms with Crippen LogP contribution < -0.4 is 0 Å². The molecule has 150 valence electrons. The molecule has 0 atom stereocenters. The van der Waals surface area contributed by atoms with Gasteiger partial charge in [-0.25, -0.2) is 0 Å². The van der Waals surface area contributed by atoms with Gasteiger partial charge >= 0.3 is 0 Å². The van der Waals surface area contributed by atoms with Crippen LogP contribution in [-0.2, 0) is 10.2 Å². The maximum absolute atomic E-state index is 2.27. The molecule has 0 fully saturated rings. The fourth-order valence-corrected chi connectivity index (χ4v) is 5.28. The summed E-state index contributed by atoms with van der Waals surface area (Å²) < 4.78 is -0.326. The highest BCUT2D eigenvalue weighted by Gasteiger charge is 2.37. The quantitative estimate of drug-likeness (QED) is 0.238. The topological polar surface area (TPSA) is 0 Å². The third kappa shape index (κ3) is 4.08. The van der Waals surface area contributed by atoms with Gasteiger partial charge in [0.1, 0.15) is 0 Å². The molecule has 0 N–H and O–H groups in total. The maximum Gasteiger partial charge on any atom is 0.0954 e. The van der Waals surface area contributed by atoms with Crippen molar-refractivity contribution in [1.29, 1.82) is 0 Å². The predicted octanol–water partition coefficient (Wildman–Crippen LogP) is 8.07. The van der Waals surface area contributed by atoms with Gasteiger partial charge in [0.15, 0.2) is 0 Å². The maximum atomic E-state index is 2.27. The molecule has 1 heteroatoms. The summed E-state index contributed by atoms with van der Waals surface area (Å²) in [7, 11) is 0. The number of hydrogen-bond acceptors (Lipinski definition) is 1. The molecule has 0 heterocycles. The Labute approximate surface area is 185 Å². The van der Waals surface area contributed by atoms with Crippen LogP contribution in [0.4, 0.5) is 0 Å². The normalized spacial score (nSPS) is 12.0. The van der Waals surface area contributed by atoms with E-state index in [-0.39, 0.29) is 10.2 Å². The second-order valence-corrected chi connectivity index (χ2v) is 9.94. The van der Waals surface area contributed by atoms with Crippen molar-refractivity contribution in [3.8, 4) is 0 Å². The number of hydrogen-bond donors (Lipinski definition) is 0. The average molecular weight is 409 g/mol. The van der Waals surface area contributed by atoms with Crippen LogP contribution in [0.25, 0.3) is 0 Å². The molecular weight excluding hydrogens is 380 g/mol. The molecule has 0 amide bonds. The van der Waals surface area contributed by atoms with Gasteiger partial charge in [-0.05, 0) is 39.8 Å². The minimum Gasteiger partial charge on any atom is -0.105 e. The highest BCUT2D eigenvalue weighted by atomic mass is 32.2. The predicted molar refractivity (Wildman–Crippen MR) is 130 cm³/mol. The van der Waals surface area contributed by atoms with Crippen molar-refractivity contribution in [2.75, 3.05) is 0 Å². The van der Waals surface area contributed by atoms with Crippen LogP contribution in [-0.4, -0.2) is 0 Å². The highest BCUT2D eigenvalue weighted by molar-refractivity contribution is 8.00. The van der Waals surface area contributed by atoms with Crippen LogP contribution in [0.5, 0.6) is 0 Å². The molecule has 4 aromatic rings. The van der Waals surface area contributed by atoms with Crippen LogP contribution in [0, 0.1) is 0 Å². The second-order valence-electron chi connectivity index (χ2n) is 8.66. The molecule has 4 rings (SSSR count). The zero-order chi connectivity index (χ0) is 21.0. The van der Waals surface area contributed by atoms with Crippen molar-refractivity contribution in [2.24, 2.45) is 0 Å². The minimum absolute atomic E-state index is 0.151. The van der Waals surface area contributed by atoms with Crippen molar-refractivity contribution in [1.82, 2.24) is 0 Å². The Bertz CT molecular complexity index is 963. The van der Waals surface area contributed by atoms with Crippen LogP contribution in [0.3, 0.4) is 0 Å². The zero-order valence-corrected chi connectivity index (χ0v) is 18.7. The first-order valence-electron chi connectivity index (χ1n) is 10.5. The molecule has 0 nitrogen and oxygen atoms in total. The Hall–Kier alpha value is -2.77.